The average Bonchev–Trinajstić information content (AvgIpc) is 2.72. The van der Waals surface area contributed by atoms with Gasteiger partial charge in [0.1, 0.15) is 23.2 Å². The van der Waals surface area contributed by atoms with E-state index in [1.807, 2.05) is 0 Å². The van der Waals surface area contributed by atoms with E-state index in [2.05, 4.69) is 4.74 Å². The first-order valence-electron chi connectivity index (χ1n) is 9.17. The van der Waals surface area contributed by atoms with E-state index in [9.17, 15) is 18.0 Å². The maximum atomic E-state index is 13.3. The van der Waals surface area contributed by atoms with Crippen molar-refractivity contribution in [2.45, 2.75) is 36.2 Å². The van der Waals surface area contributed by atoms with E-state index in [0.717, 1.165) is 13.4 Å². The zero-order valence-corrected chi connectivity index (χ0v) is 18.7. The van der Waals surface area contributed by atoms with Crippen LogP contribution >= 0.6 is 0 Å². The molecule has 0 bridgehead atoms. The van der Waals surface area contributed by atoms with E-state index < -0.39 is 27.4 Å². The Kier molecular flexibility index (Phi) is 7.46. The molecule has 2 rings (SSSR count). The highest BCUT2D eigenvalue weighted by Gasteiger charge is 2.32. The first-order valence-corrected chi connectivity index (χ1v) is 10.6. The molecule has 0 atom stereocenters. The second-order valence-electron chi connectivity index (χ2n) is 7.26. The molecule has 0 aliphatic carbocycles. The molecule has 8 nitrogen and oxygen atoms in total. The molecule has 0 aliphatic rings. The summed E-state index contributed by atoms with van der Waals surface area (Å²) in [4.78, 5) is 24.7. The van der Waals surface area contributed by atoms with Crippen molar-refractivity contribution >= 4 is 21.8 Å². The Hall–Kier alpha value is -3.33. The van der Waals surface area contributed by atoms with Crippen LogP contribution in [0.5, 0.6) is 5.75 Å². The van der Waals surface area contributed by atoms with E-state index in [-0.39, 0.29) is 26.9 Å². The van der Waals surface area contributed by atoms with Crippen molar-refractivity contribution in [1.82, 2.24) is 0 Å². The lowest BCUT2D eigenvalue weighted by Gasteiger charge is -2.22. The van der Waals surface area contributed by atoms with Crippen LogP contribution in [0.15, 0.2) is 70.3 Å². The van der Waals surface area contributed by atoms with Crippen molar-refractivity contribution in [3.8, 4) is 5.75 Å². The summed E-state index contributed by atoms with van der Waals surface area (Å²) in [5.74, 6) is -2.41. The van der Waals surface area contributed by atoms with Gasteiger partial charge in [-0.25, -0.2) is 18.0 Å². The summed E-state index contributed by atoms with van der Waals surface area (Å²) >= 11 is 0. The van der Waals surface area contributed by atoms with E-state index in [1.54, 1.807) is 39.0 Å². The largest absolute Gasteiger partial charge is 0.500 e. The summed E-state index contributed by atoms with van der Waals surface area (Å²) in [5.41, 5.74) is -1.27. The first kappa shape index (κ1) is 23.9. The van der Waals surface area contributed by atoms with Gasteiger partial charge in [-0.15, -0.1) is 0 Å². The summed E-state index contributed by atoms with van der Waals surface area (Å²) in [6.07, 6.45) is 0.975. The van der Waals surface area contributed by atoms with Crippen LogP contribution in [0, 0.1) is 0 Å². The number of carbonyl (C=O) groups excluding carboxylic acids is 2. The molecule has 0 aromatic heterocycles. The van der Waals surface area contributed by atoms with Crippen LogP contribution in [0.2, 0.25) is 0 Å². The Labute approximate surface area is 181 Å². The summed E-state index contributed by atoms with van der Waals surface area (Å²) in [6, 6.07) is 11.6. The number of sulfone groups is 1. The molecule has 0 radical (unpaired) electrons. The molecule has 0 spiro atoms. The zero-order valence-electron chi connectivity index (χ0n) is 17.9. The molecular weight excluding hydrogens is 424 g/mol. The molecular formula is C22H24O8S. The summed E-state index contributed by atoms with van der Waals surface area (Å²) in [6.45, 7) is 4.93. The van der Waals surface area contributed by atoms with Crippen LogP contribution < -0.4 is 4.74 Å². The topological polar surface area (TPSA) is 105 Å². The van der Waals surface area contributed by atoms with Crippen molar-refractivity contribution in [2.24, 2.45) is 0 Å². The minimum atomic E-state index is -4.11. The predicted octanol–water partition coefficient (Wildman–Crippen LogP) is 3.51. The van der Waals surface area contributed by atoms with E-state index >= 15 is 0 Å². The number of hydrogen-bond donors (Lipinski definition) is 0. The number of carbonyl (C=O) groups is 2. The lowest BCUT2D eigenvalue weighted by Crippen LogP contribution is -2.26. The molecule has 0 unspecified atom stereocenters. The molecule has 0 heterocycles. The van der Waals surface area contributed by atoms with Gasteiger partial charge in [0.2, 0.25) is 15.6 Å². The Morgan fingerprint density at radius 2 is 1.58 bits per heavy atom. The third-order valence-electron chi connectivity index (χ3n) is 3.77. The van der Waals surface area contributed by atoms with Gasteiger partial charge in [0.05, 0.1) is 24.0 Å². The van der Waals surface area contributed by atoms with E-state index in [1.165, 1.54) is 37.4 Å². The Bertz CT molecular complexity index is 1080. The molecule has 166 valence electrons. The molecule has 0 fully saturated rings. The van der Waals surface area contributed by atoms with Crippen molar-refractivity contribution in [3.63, 3.8) is 0 Å². The highest BCUT2D eigenvalue weighted by Crippen LogP contribution is 2.33. The predicted molar refractivity (Wildman–Crippen MR) is 111 cm³/mol. The lowest BCUT2D eigenvalue weighted by atomic mass is 10.1. The van der Waals surface area contributed by atoms with Crippen molar-refractivity contribution in [2.75, 3.05) is 14.2 Å². The van der Waals surface area contributed by atoms with Crippen LogP contribution in [-0.4, -0.2) is 40.2 Å². The molecule has 2 aromatic carbocycles. The zero-order chi connectivity index (χ0) is 23.2. The van der Waals surface area contributed by atoms with Gasteiger partial charge < -0.3 is 18.9 Å². The van der Waals surface area contributed by atoms with Crippen LogP contribution in [0.3, 0.4) is 0 Å². The third kappa shape index (κ3) is 5.85. The van der Waals surface area contributed by atoms with Gasteiger partial charge in [-0.05, 0) is 45.0 Å². The highest BCUT2D eigenvalue weighted by molar-refractivity contribution is 7.91. The summed E-state index contributed by atoms with van der Waals surface area (Å²) < 4.78 is 47.0. The number of esters is 2. The third-order valence-corrected chi connectivity index (χ3v) is 5.58. The molecule has 2 aromatic rings. The van der Waals surface area contributed by atoms with Crippen molar-refractivity contribution in [1.29, 1.82) is 0 Å². The van der Waals surface area contributed by atoms with Gasteiger partial charge in [0.25, 0.3) is 0 Å². The molecule has 0 N–H and O–H groups in total. The Morgan fingerprint density at radius 1 is 0.935 bits per heavy atom. The average molecular weight is 448 g/mol. The number of rotatable bonds is 7. The van der Waals surface area contributed by atoms with Crippen molar-refractivity contribution in [3.05, 3.63) is 66.1 Å². The number of hydrogen-bond acceptors (Lipinski definition) is 8. The monoisotopic (exact) mass is 448 g/mol. The van der Waals surface area contributed by atoms with Gasteiger partial charge in [0.15, 0.2) is 0 Å². The van der Waals surface area contributed by atoms with E-state index in [4.69, 9.17) is 14.2 Å². The smallest absolute Gasteiger partial charge is 0.377 e. The fourth-order valence-corrected chi connectivity index (χ4v) is 4.00. The second-order valence-corrected chi connectivity index (χ2v) is 9.18. The van der Waals surface area contributed by atoms with Crippen LogP contribution in [0.1, 0.15) is 31.1 Å². The Morgan fingerprint density at radius 3 is 2.13 bits per heavy atom. The maximum absolute atomic E-state index is 13.3. The summed E-state index contributed by atoms with van der Waals surface area (Å²) in [5, 5.41) is 0. The van der Waals surface area contributed by atoms with Crippen LogP contribution in [0.4, 0.5) is 0 Å². The van der Waals surface area contributed by atoms with Gasteiger partial charge >= 0.3 is 11.9 Å². The minimum absolute atomic E-state index is 0.0161. The van der Waals surface area contributed by atoms with Crippen LogP contribution in [-0.2, 0) is 28.8 Å². The summed E-state index contributed by atoms with van der Waals surface area (Å²) in [7, 11) is -1.69. The number of ether oxygens (including phenoxy) is 4. The molecule has 9 heteroatoms. The Balaban J connectivity index is 2.72. The molecule has 0 saturated heterocycles. The highest BCUT2D eigenvalue weighted by atomic mass is 32.2. The van der Waals surface area contributed by atoms with Gasteiger partial charge in [-0.3, -0.25) is 0 Å². The normalized spacial score (nSPS) is 12.1. The van der Waals surface area contributed by atoms with Crippen LogP contribution in [0.25, 0.3) is 0 Å². The fraction of sp³-hybridized carbons (Fsp3) is 0.273. The van der Waals surface area contributed by atoms with E-state index in [0.29, 0.717) is 0 Å². The molecule has 0 amide bonds. The quantitative estimate of drug-likeness (QED) is 0.360. The number of methoxy groups -OCH3 is 2. The molecule has 0 aliphatic heterocycles. The van der Waals surface area contributed by atoms with Gasteiger partial charge in [-0.1, -0.05) is 24.3 Å². The maximum Gasteiger partial charge on any atom is 0.377 e. The molecule has 0 saturated carbocycles. The van der Waals surface area contributed by atoms with Gasteiger partial charge in [-0.2, -0.15) is 0 Å². The van der Waals surface area contributed by atoms with Gasteiger partial charge in [0, 0.05) is 0 Å². The lowest BCUT2D eigenvalue weighted by molar-refractivity contribution is -0.138. The second kappa shape index (κ2) is 9.65. The SMILES string of the molecule is CO/C=C(/Oc1cccc(S(=O)(=O)c2ccccc2)c1C(=O)OC(C)(C)C)C(=O)OC. The standard InChI is InChI=1S/C22H24O8S/c1-22(2,3)30-21(24)19-16(29-17(14-27-4)20(23)28-5)12-9-13-18(19)31(25,26)15-10-7-6-8-11-15/h6-14H,1-5H3/b17-14+. The molecule has 31 heavy (non-hydrogen) atoms. The first-order chi connectivity index (χ1) is 14.5. The number of benzene rings is 2. The van der Waals surface area contributed by atoms with Crippen molar-refractivity contribution < 1.29 is 37.0 Å². The minimum Gasteiger partial charge on any atom is -0.500 e. The fourth-order valence-electron chi connectivity index (χ4n) is 2.52.